The molecule has 0 amide bonds. The van der Waals surface area contributed by atoms with E-state index >= 15 is 0 Å². The van der Waals surface area contributed by atoms with Crippen LogP contribution in [0.25, 0.3) is 0 Å². The molecule has 23 heavy (non-hydrogen) atoms. The Labute approximate surface area is 157 Å². The van der Waals surface area contributed by atoms with Crippen LogP contribution in [0.3, 0.4) is 0 Å². The molecule has 0 atom stereocenters. The molecule has 0 aromatic heterocycles. The number of halogens is 1. The maximum atomic E-state index is 5.78. The van der Waals surface area contributed by atoms with Crippen molar-refractivity contribution < 1.29 is 9.47 Å². The lowest BCUT2D eigenvalue weighted by atomic mass is 10.1. The highest BCUT2D eigenvalue weighted by molar-refractivity contribution is 14.0. The van der Waals surface area contributed by atoms with Gasteiger partial charge in [-0.15, -0.1) is 24.0 Å². The Bertz CT molecular complexity index is 436. The van der Waals surface area contributed by atoms with Crippen molar-refractivity contribution in [1.82, 2.24) is 5.32 Å². The predicted molar refractivity (Wildman–Crippen MR) is 107 cm³/mol. The van der Waals surface area contributed by atoms with Crippen LogP contribution in [-0.4, -0.2) is 32.8 Å². The first-order valence-electron chi connectivity index (χ1n) is 7.86. The van der Waals surface area contributed by atoms with Crippen molar-refractivity contribution in [2.24, 2.45) is 16.6 Å². The highest BCUT2D eigenvalue weighted by atomic mass is 127. The zero-order valence-electron chi connectivity index (χ0n) is 14.4. The number of hydrogen-bond acceptors (Lipinski definition) is 3. The number of aliphatic imine (C=N–C) groups is 1. The summed E-state index contributed by atoms with van der Waals surface area (Å²) in [5.74, 6) is 2.06. The molecule has 6 heteroatoms. The summed E-state index contributed by atoms with van der Waals surface area (Å²) in [6.45, 7) is 7.22. The van der Waals surface area contributed by atoms with Gasteiger partial charge in [0.05, 0.1) is 13.7 Å². The maximum Gasteiger partial charge on any atom is 0.188 e. The van der Waals surface area contributed by atoms with E-state index in [1.165, 1.54) is 0 Å². The fraction of sp³-hybridized carbons (Fsp3) is 0.588. The van der Waals surface area contributed by atoms with Gasteiger partial charge in [0, 0.05) is 19.7 Å². The highest BCUT2D eigenvalue weighted by Gasteiger charge is 1.96. The zero-order valence-corrected chi connectivity index (χ0v) is 16.7. The molecule has 0 aliphatic heterocycles. The van der Waals surface area contributed by atoms with E-state index < -0.39 is 0 Å². The van der Waals surface area contributed by atoms with Crippen molar-refractivity contribution >= 4 is 29.9 Å². The molecule has 1 rings (SSSR count). The molecule has 0 unspecified atom stereocenters. The average molecular weight is 435 g/mol. The van der Waals surface area contributed by atoms with Crippen LogP contribution in [0.5, 0.6) is 5.75 Å². The van der Waals surface area contributed by atoms with E-state index in [1.54, 1.807) is 7.11 Å². The molecular weight excluding hydrogens is 405 g/mol. The summed E-state index contributed by atoms with van der Waals surface area (Å²) in [7, 11) is 1.66. The molecule has 0 saturated carbocycles. The summed E-state index contributed by atoms with van der Waals surface area (Å²) in [6, 6.07) is 7.89. The van der Waals surface area contributed by atoms with Gasteiger partial charge in [0.1, 0.15) is 5.75 Å². The van der Waals surface area contributed by atoms with Gasteiger partial charge in [0.2, 0.25) is 0 Å². The normalized spacial score (nSPS) is 11.2. The van der Waals surface area contributed by atoms with E-state index in [9.17, 15) is 0 Å². The van der Waals surface area contributed by atoms with Crippen LogP contribution < -0.4 is 15.8 Å². The predicted octanol–water partition coefficient (Wildman–Crippen LogP) is 3.17. The fourth-order valence-corrected chi connectivity index (χ4v) is 1.82. The Hall–Kier alpha value is -1.02. The van der Waals surface area contributed by atoms with Gasteiger partial charge >= 0.3 is 0 Å². The first-order valence-corrected chi connectivity index (χ1v) is 7.86. The Kier molecular flexibility index (Phi) is 12.8. The molecule has 5 nitrogen and oxygen atoms in total. The zero-order chi connectivity index (χ0) is 16.2. The number of benzene rings is 1. The Balaban J connectivity index is 0.00000484. The molecule has 0 heterocycles. The molecule has 1 aromatic rings. The highest BCUT2D eigenvalue weighted by Crippen LogP contribution is 2.11. The first kappa shape index (κ1) is 22.0. The lowest BCUT2D eigenvalue weighted by Gasteiger charge is -2.07. The minimum absolute atomic E-state index is 0. The Morgan fingerprint density at radius 2 is 1.96 bits per heavy atom. The minimum Gasteiger partial charge on any atom is -0.497 e. The van der Waals surface area contributed by atoms with E-state index in [0.717, 1.165) is 30.7 Å². The number of guanidine groups is 1. The lowest BCUT2D eigenvalue weighted by Crippen LogP contribution is -2.33. The smallest absolute Gasteiger partial charge is 0.188 e. The van der Waals surface area contributed by atoms with E-state index in [4.69, 9.17) is 15.2 Å². The summed E-state index contributed by atoms with van der Waals surface area (Å²) in [4.78, 5) is 4.28. The number of nitrogens with zero attached hydrogens (tertiary/aromatic N) is 1. The molecule has 1 aromatic carbocycles. The average Bonchev–Trinajstić information content (AvgIpc) is 2.51. The van der Waals surface area contributed by atoms with Crippen LogP contribution in [0, 0.1) is 5.92 Å². The van der Waals surface area contributed by atoms with E-state index in [2.05, 4.69) is 24.2 Å². The third kappa shape index (κ3) is 11.2. The Morgan fingerprint density at radius 1 is 1.26 bits per heavy atom. The van der Waals surface area contributed by atoms with Crippen LogP contribution in [0.4, 0.5) is 0 Å². The lowest BCUT2D eigenvalue weighted by molar-refractivity contribution is 0.120. The van der Waals surface area contributed by atoms with Crippen molar-refractivity contribution in [3.8, 4) is 5.75 Å². The molecule has 132 valence electrons. The van der Waals surface area contributed by atoms with E-state index in [1.807, 2.05) is 24.3 Å². The number of nitrogens with two attached hydrogens (primary N) is 1. The van der Waals surface area contributed by atoms with Gasteiger partial charge in [-0.25, -0.2) is 0 Å². The summed E-state index contributed by atoms with van der Waals surface area (Å²) in [5, 5.41) is 3.12. The molecule has 0 radical (unpaired) electrons. The minimum atomic E-state index is 0. The molecule has 0 aliphatic rings. The summed E-state index contributed by atoms with van der Waals surface area (Å²) >= 11 is 0. The van der Waals surface area contributed by atoms with E-state index in [0.29, 0.717) is 31.6 Å². The summed E-state index contributed by atoms with van der Waals surface area (Å²) < 4.78 is 10.7. The van der Waals surface area contributed by atoms with Crippen molar-refractivity contribution in [1.29, 1.82) is 0 Å². The molecule has 0 saturated heterocycles. The summed E-state index contributed by atoms with van der Waals surface area (Å²) in [5.41, 5.74) is 6.92. The second-order valence-electron chi connectivity index (χ2n) is 5.63. The first-order chi connectivity index (χ1) is 10.6. The largest absolute Gasteiger partial charge is 0.497 e. The van der Waals surface area contributed by atoms with Crippen molar-refractivity contribution in [3.63, 3.8) is 0 Å². The van der Waals surface area contributed by atoms with Gasteiger partial charge in [-0.05, 0) is 36.5 Å². The SMILES string of the molecule is COc1ccc(COCCCN=C(N)NCCC(C)C)cc1.I. The molecule has 0 aliphatic carbocycles. The van der Waals surface area contributed by atoms with Crippen molar-refractivity contribution in [3.05, 3.63) is 29.8 Å². The standard InChI is InChI=1S/C17H29N3O2.HI/c1-14(2)9-11-20-17(18)19-10-4-12-22-13-15-5-7-16(21-3)8-6-15;/h5-8,14H,4,9-13H2,1-3H3,(H3,18,19,20);1H. The van der Waals surface area contributed by atoms with E-state index in [-0.39, 0.29) is 24.0 Å². The van der Waals surface area contributed by atoms with Gasteiger partial charge in [-0.2, -0.15) is 0 Å². The van der Waals surface area contributed by atoms with Gasteiger partial charge in [0.15, 0.2) is 5.96 Å². The second-order valence-corrected chi connectivity index (χ2v) is 5.63. The third-order valence-electron chi connectivity index (χ3n) is 3.18. The monoisotopic (exact) mass is 435 g/mol. The fourth-order valence-electron chi connectivity index (χ4n) is 1.82. The molecule has 0 bridgehead atoms. The van der Waals surface area contributed by atoms with Crippen LogP contribution in [0.15, 0.2) is 29.3 Å². The van der Waals surface area contributed by atoms with Crippen LogP contribution in [-0.2, 0) is 11.3 Å². The van der Waals surface area contributed by atoms with Gasteiger partial charge in [-0.1, -0.05) is 26.0 Å². The van der Waals surface area contributed by atoms with Gasteiger partial charge < -0.3 is 20.5 Å². The number of rotatable bonds is 10. The quantitative estimate of drug-likeness (QED) is 0.257. The van der Waals surface area contributed by atoms with Crippen LogP contribution >= 0.6 is 24.0 Å². The van der Waals surface area contributed by atoms with Gasteiger partial charge in [0.25, 0.3) is 0 Å². The van der Waals surface area contributed by atoms with Crippen LogP contribution in [0.2, 0.25) is 0 Å². The topological polar surface area (TPSA) is 68.9 Å². The third-order valence-corrected chi connectivity index (χ3v) is 3.18. The number of ether oxygens (including phenoxy) is 2. The summed E-state index contributed by atoms with van der Waals surface area (Å²) in [6.07, 6.45) is 1.96. The number of nitrogens with one attached hydrogen (secondary N) is 1. The van der Waals surface area contributed by atoms with Gasteiger partial charge in [-0.3, -0.25) is 4.99 Å². The van der Waals surface area contributed by atoms with Crippen molar-refractivity contribution in [2.75, 3.05) is 26.8 Å². The van der Waals surface area contributed by atoms with Crippen LogP contribution in [0.1, 0.15) is 32.3 Å². The number of methoxy groups -OCH3 is 1. The number of hydrogen-bond donors (Lipinski definition) is 2. The molecule has 0 spiro atoms. The maximum absolute atomic E-state index is 5.78. The van der Waals surface area contributed by atoms with Crippen molar-refractivity contribution in [2.45, 2.75) is 33.3 Å². The molecule has 3 N–H and O–H groups in total. The molecule has 0 fully saturated rings. The molecular formula is C17H30IN3O2. The Morgan fingerprint density at radius 3 is 2.57 bits per heavy atom. The second kappa shape index (κ2) is 13.4.